The number of carbonyl (C=O) groups is 1. The molecule has 0 atom stereocenters. The van der Waals surface area contributed by atoms with E-state index in [9.17, 15) is 4.79 Å². The number of hydrogen-bond donors (Lipinski definition) is 1. The van der Waals surface area contributed by atoms with Crippen molar-refractivity contribution in [3.05, 3.63) is 29.3 Å². The van der Waals surface area contributed by atoms with Crippen molar-refractivity contribution in [3.63, 3.8) is 0 Å². The van der Waals surface area contributed by atoms with Gasteiger partial charge in [-0.15, -0.1) is 0 Å². The molecule has 2 N–H and O–H groups in total. The lowest BCUT2D eigenvalue weighted by Crippen LogP contribution is -2.33. The van der Waals surface area contributed by atoms with Crippen LogP contribution in [0.1, 0.15) is 24.0 Å². The van der Waals surface area contributed by atoms with Crippen LogP contribution in [0.3, 0.4) is 0 Å². The summed E-state index contributed by atoms with van der Waals surface area (Å²) in [6, 6.07) is 6.03. The molecule has 0 aliphatic rings. The molecule has 0 spiro atoms. The number of rotatable bonds is 5. The SMILES string of the molecule is Cc1cccc(C)c1OCCCC(=O)N(C)N. The maximum atomic E-state index is 11.2. The highest BCUT2D eigenvalue weighted by atomic mass is 16.5. The number of aryl methyl sites for hydroxylation is 2. The fourth-order valence-electron chi connectivity index (χ4n) is 1.60. The molecular formula is C13H20N2O2. The maximum absolute atomic E-state index is 11.2. The first-order valence-electron chi connectivity index (χ1n) is 5.72. The van der Waals surface area contributed by atoms with E-state index in [2.05, 4.69) is 0 Å². The lowest BCUT2D eigenvalue weighted by molar-refractivity contribution is -0.130. The minimum atomic E-state index is -0.0740. The van der Waals surface area contributed by atoms with Gasteiger partial charge in [-0.25, -0.2) is 5.84 Å². The highest BCUT2D eigenvalue weighted by Gasteiger charge is 2.06. The zero-order valence-electron chi connectivity index (χ0n) is 10.7. The zero-order chi connectivity index (χ0) is 12.8. The number of ether oxygens (including phenoxy) is 1. The Morgan fingerprint density at radius 3 is 2.47 bits per heavy atom. The van der Waals surface area contributed by atoms with E-state index in [1.54, 1.807) is 7.05 Å². The summed E-state index contributed by atoms with van der Waals surface area (Å²) in [7, 11) is 1.55. The third kappa shape index (κ3) is 4.07. The summed E-state index contributed by atoms with van der Waals surface area (Å²) in [5.41, 5.74) is 2.24. The van der Waals surface area contributed by atoms with Gasteiger partial charge in [-0.3, -0.25) is 9.80 Å². The molecular weight excluding hydrogens is 216 g/mol. The largest absolute Gasteiger partial charge is 0.493 e. The number of benzene rings is 1. The van der Waals surface area contributed by atoms with Crippen molar-refractivity contribution in [2.45, 2.75) is 26.7 Å². The molecule has 4 heteroatoms. The second kappa shape index (κ2) is 6.25. The highest BCUT2D eigenvalue weighted by Crippen LogP contribution is 2.22. The van der Waals surface area contributed by atoms with Crippen LogP contribution in [0.2, 0.25) is 0 Å². The first-order chi connectivity index (χ1) is 8.02. The predicted octanol–water partition coefficient (Wildman–Crippen LogP) is 1.79. The van der Waals surface area contributed by atoms with Gasteiger partial charge < -0.3 is 4.74 Å². The van der Waals surface area contributed by atoms with Crippen LogP contribution >= 0.6 is 0 Å². The molecule has 1 amide bonds. The summed E-state index contributed by atoms with van der Waals surface area (Å²) in [6.45, 7) is 4.56. The first-order valence-corrected chi connectivity index (χ1v) is 5.72. The molecule has 0 radical (unpaired) electrons. The predicted molar refractivity (Wildman–Crippen MR) is 67.6 cm³/mol. The molecule has 94 valence electrons. The minimum Gasteiger partial charge on any atom is -0.493 e. The number of hydrogen-bond acceptors (Lipinski definition) is 3. The Balaban J connectivity index is 2.39. The average molecular weight is 236 g/mol. The van der Waals surface area contributed by atoms with E-state index in [4.69, 9.17) is 10.6 Å². The molecule has 0 saturated heterocycles. The monoisotopic (exact) mass is 236 g/mol. The van der Waals surface area contributed by atoms with Crippen molar-refractivity contribution >= 4 is 5.91 Å². The Kier molecular flexibility index (Phi) is 4.97. The molecule has 1 rings (SSSR count). The molecule has 17 heavy (non-hydrogen) atoms. The van der Waals surface area contributed by atoms with Crippen molar-refractivity contribution in [2.75, 3.05) is 13.7 Å². The second-order valence-electron chi connectivity index (χ2n) is 4.18. The Morgan fingerprint density at radius 2 is 1.94 bits per heavy atom. The molecule has 0 bridgehead atoms. The molecule has 0 aromatic heterocycles. The van der Waals surface area contributed by atoms with Crippen LogP contribution in [0.5, 0.6) is 5.75 Å². The molecule has 0 saturated carbocycles. The standard InChI is InChI=1S/C13H20N2O2/c1-10-6-4-7-11(2)13(10)17-9-5-8-12(16)15(3)14/h4,6-7H,5,8-9,14H2,1-3H3. The second-order valence-corrected chi connectivity index (χ2v) is 4.18. The van der Waals surface area contributed by atoms with E-state index in [0.29, 0.717) is 19.4 Å². The maximum Gasteiger partial charge on any atom is 0.236 e. The van der Waals surface area contributed by atoms with Crippen molar-refractivity contribution in [1.82, 2.24) is 5.01 Å². The number of carbonyl (C=O) groups excluding carboxylic acids is 1. The van der Waals surface area contributed by atoms with Crippen molar-refractivity contribution in [2.24, 2.45) is 5.84 Å². The molecule has 0 aliphatic carbocycles. The van der Waals surface area contributed by atoms with E-state index in [1.807, 2.05) is 32.0 Å². The third-order valence-electron chi connectivity index (χ3n) is 2.58. The highest BCUT2D eigenvalue weighted by molar-refractivity contribution is 5.75. The first kappa shape index (κ1) is 13.5. The van der Waals surface area contributed by atoms with Gasteiger partial charge in [0.2, 0.25) is 5.91 Å². The van der Waals surface area contributed by atoms with Crippen LogP contribution < -0.4 is 10.6 Å². The minimum absolute atomic E-state index is 0.0740. The third-order valence-corrected chi connectivity index (χ3v) is 2.58. The molecule has 1 aromatic rings. The van der Waals surface area contributed by atoms with E-state index in [1.165, 1.54) is 0 Å². The summed E-state index contributed by atoms with van der Waals surface area (Å²) in [5, 5.41) is 1.11. The van der Waals surface area contributed by atoms with Crippen molar-refractivity contribution in [1.29, 1.82) is 0 Å². The average Bonchev–Trinajstić information content (AvgIpc) is 2.27. The van der Waals surface area contributed by atoms with Gasteiger partial charge in [0.05, 0.1) is 6.61 Å². The smallest absolute Gasteiger partial charge is 0.236 e. The van der Waals surface area contributed by atoms with Gasteiger partial charge in [-0.2, -0.15) is 0 Å². The van der Waals surface area contributed by atoms with E-state index in [0.717, 1.165) is 21.9 Å². The van der Waals surface area contributed by atoms with Gasteiger partial charge >= 0.3 is 0 Å². The van der Waals surface area contributed by atoms with Crippen LogP contribution in [0, 0.1) is 13.8 Å². The number of nitrogens with zero attached hydrogens (tertiary/aromatic N) is 1. The zero-order valence-corrected chi connectivity index (χ0v) is 10.7. The van der Waals surface area contributed by atoms with Crippen LogP contribution in [-0.2, 0) is 4.79 Å². The topological polar surface area (TPSA) is 55.6 Å². The Hall–Kier alpha value is -1.55. The normalized spacial score (nSPS) is 10.1. The van der Waals surface area contributed by atoms with E-state index < -0.39 is 0 Å². The van der Waals surface area contributed by atoms with E-state index in [-0.39, 0.29) is 5.91 Å². The summed E-state index contributed by atoms with van der Waals surface area (Å²) in [5.74, 6) is 6.16. The molecule has 0 aliphatic heterocycles. The van der Waals surface area contributed by atoms with Crippen LogP contribution in [-0.4, -0.2) is 24.6 Å². The number of hydrazine groups is 1. The molecule has 1 aromatic carbocycles. The van der Waals surface area contributed by atoms with Crippen LogP contribution in [0.15, 0.2) is 18.2 Å². The molecule has 0 unspecified atom stereocenters. The summed E-state index contributed by atoms with van der Waals surface area (Å²) < 4.78 is 5.69. The quantitative estimate of drug-likeness (QED) is 0.367. The fourth-order valence-corrected chi connectivity index (χ4v) is 1.60. The lowest BCUT2D eigenvalue weighted by atomic mass is 10.1. The van der Waals surface area contributed by atoms with Gasteiger partial charge in [0.1, 0.15) is 5.75 Å². The Labute approximate surface area is 102 Å². The van der Waals surface area contributed by atoms with Gasteiger partial charge in [0.15, 0.2) is 0 Å². The summed E-state index contributed by atoms with van der Waals surface area (Å²) in [4.78, 5) is 11.2. The van der Waals surface area contributed by atoms with Gasteiger partial charge in [0, 0.05) is 13.5 Å². The van der Waals surface area contributed by atoms with Gasteiger partial charge in [-0.1, -0.05) is 18.2 Å². The van der Waals surface area contributed by atoms with Gasteiger partial charge in [0.25, 0.3) is 0 Å². The molecule has 0 fully saturated rings. The Morgan fingerprint density at radius 1 is 1.35 bits per heavy atom. The van der Waals surface area contributed by atoms with E-state index >= 15 is 0 Å². The van der Waals surface area contributed by atoms with Crippen LogP contribution in [0.25, 0.3) is 0 Å². The lowest BCUT2D eigenvalue weighted by Gasteiger charge is -2.13. The van der Waals surface area contributed by atoms with Crippen LogP contribution in [0.4, 0.5) is 0 Å². The number of amides is 1. The van der Waals surface area contributed by atoms with Crippen molar-refractivity contribution < 1.29 is 9.53 Å². The van der Waals surface area contributed by atoms with Gasteiger partial charge in [-0.05, 0) is 31.4 Å². The summed E-state index contributed by atoms with van der Waals surface area (Å²) >= 11 is 0. The number of para-hydroxylation sites is 1. The van der Waals surface area contributed by atoms with Crippen molar-refractivity contribution in [3.8, 4) is 5.75 Å². The number of nitrogens with two attached hydrogens (primary N) is 1. The Bertz CT molecular complexity index is 369. The fraction of sp³-hybridized carbons (Fsp3) is 0.462. The molecule has 4 nitrogen and oxygen atoms in total. The molecule has 0 heterocycles. The summed E-state index contributed by atoms with van der Waals surface area (Å²) in [6.07, 6.45) is 1.09.